The fourth-order valence-electron chi connectivity index (χ4n) is 9.21. The molecule has 0 aliphatic heterocycles. The van der Waals surface area contributed by atoms with Crippen LogP contribution in [0.3, 0.4) is 0 Å². The lowest BCUT2D eigenvalue weighted by Gasteiger charge is -2.44. The van der Waals surface area contributed by atoms with Crippen molar-refractivity contribution in [2.75, 3.05) is 0 Å². The highest BCUT2D eigenvalue weighted by atomic mass is 127. The number of aromatic nitrogens is 12. The van der Waals surface area contributed by atoms with Gasteiger partial charge in [0.25, 0.3) is 0 Å². The zero-order chi connectivity index (χ0) is 47.0. The first-order chi connectivity index (χ1) is 29.6. The van der Waals surface area contributed by atoms with E-state index in [0.29, 0.717) is 38.4 Å². The topological polar surface area (TPSA) is 155 Å². The van der Waals surface area contributed by atoms with Gasteiger partial charge in [-0.3, -0.25) is 0 Å². The quantitative estimate of drug-likeness (QED) is 0.0617. The fourth-order valence-corrected chi connectivity index (χ4v) is 21.9. The Morgan fingerprint density at radius 2 is 0.969 bits per heavy atom. The molecular formula is C46H68Cl2I2N12Si2. The first-order valence-corrected chi connectivity index (χ1v) is 29.4. The summed E-state index contributed by atoms with van der Waals surface area (Å²) in [6.45, 7) is 33.9. The van der Waals surface area contributed by atoms with Gasteiger partial charge in [-0.25, -0.2) is 39.9 Å². The number of halogens is 4. The normalized spacial score (nSPS) is 11.8. The minimum Gasteiger partial charge on any atom is -0.357 e. The predicted molar refractivity (Wildman–Crippen MR) is 294 cm³/mol. The van der Waals surface area contributed by atoms with Gasteiger partial charge in [-0.15, -0.1) is 0 Å². The maximum absolute atomic E-state index is 6.68. The van der Waals surface area contributed by atoms with Crippen molar-refractivity contribution in [1.29, 1.82) is 0 Å². The molecule has 0 saturated heterocycles. The molecular weight excluding hydrogens is 1100 g/mol. The van der Waals surface area contributed by atoms with E-state index in [-0.39, 0.29) is 7.43 Å². The standard InChI is InChI=1S/C16H26IN3Si.C9H21ClSi.C7H6IN3.C7H7N3.C6H4ClN3.CH4/c1-10(2)21(11(3)4,12(5)6)20-8-14(17)15-13(7)18-9-19-16(15)20;1-7(2)11(10,8(3)4)9(5)6;1-4-6-5(8)2-9-7(6)11-3-10-4;1-5-6-2-3-8-7(6)10-4-9-5;7-5-4-1-2-8-6(4)10-3-9-5;/h8-12H,1-7H3;7-9H,1-6H3;2-3H,1H3,(H,9,10,11);2-4H,1H3,(H,8,9,10);1-3H,(H,8,9,10);1H4. The molecule has 0 bridgehead atoms. The van der Waals surface area contributed by atoms with Gasteiger partial charge in [-0.2, -0.15) is 11.1 Å². The van der Waals surface area contributed by atoms with Gasteiger partial charge < -0.3 is 19.2 Å². The van der Waals surface area contributed by atoms with Crippen LogP contribution in [0.15, 0.2) is 62.2 Å². The van der Waals surface area contributed by atoms with Crippen LogP contribution in [0.5, 0.6) is 0 Å². The summed E-state index contributed by atoms with van der Waals surface area (Å²) in [7, 11) is -3.26. The Morgan fingerprint density at radius 1 is 0.531 bits per heavy atom. The van der Waals surface area contributed by atoms with Gasteiger partial charge >= 0.3 is 0 Å². The van der Waals surface area contributed by atoms with E-state index in [9.17, 15) is 0 Å². The molecule has 8 rings (SSSR count). The first kappa shape index (κ1) is 55.3. The summed E-state index contributed by atoms with van der Waals surface area (Å²) in [5.41, 5.74) is 10.9. The van der Waals surface area contributed by atoms with Crippen molar-refractivity contribution in [2.45, 2.75) is 145 Å². The van der Waals surface area contributed by atoms with Gasteiger partial charge in [0.15, 0.2) is 15.6 Å². The van der Waals surface area contributed by atoms with Crippen LogP contribution in [0.4, 0.5) is 0 Å². The average Bonchev–Trinajstić information content (AvgIpc) is 4.04. The average molecular weight is 1170 g/mol. The lowest BCUT2D eigenvalue weighted by Crippen LogP contribution is -2.51. The zero-order valence-electron chi connectivity index (χ0n) is 39.3. The van der Waals surface area contributed by atoms with Gasteiger partial charge in [0.05, 0.1) is 33.2 Å². The number of rotatable bonds is 7. The van der Waals surface area contributed by atoms with Gasteiger partial charge in [0.1, 0.15) is 53.1 Å². The van der Waals surface area contributed by atoms with Crippen molar-refractivity contribution in [3.63, 3.8) is 0 Å². The second kappa shape index (κ2) is 24.1. The van der Waals surface area contributed by atoms with Gasteiger partial charge in [-0.05, 0) is 111 Å². The molecule has 0 aliphatic carbocycles. The summed E-state index contributed by atoms with van der Waals surface area (Å²) in [6, 6.07) is 3.82. The summed E-state index contributed by atoms with van der Waals surface area (Å²) in [6.07, 6.45) is 14.2. The third-order valence-corrected chi connectivity index (χ3v) is 30.0. The molecule has 12 nitrogen and oxygen atoms in total. The number of nitrogens with zero attached hydrogens (tertiary/aromatic N) is 9. The minimum absolute atomic E-state index is 0. The lowest BCUT2D eigenvalue weighted by atomic mass is 10.3. The maximum atomic E-state index is 6.68. The molecule has 8 heterocycles. The Balaban J connectivity index is 0.000000220. The van der Waals surface area contributed by atoms with E-state index in [0.717, 1.165) is 55.8 Å². The van der Waals surface area contributed by atoms with Crippen LogP contribution in [0.25, 0.3) is 44.1 Å². The highest BCUT2D eigenvalue weighted by Crippen LogP contribution is 2.45. The molecule has 8 aromatic heterocycles. The smallest absolute Gasteiger partial charge is 0.171 e. The third-order valence-electron chi connectivity index (χ3n) is 12.0. The molecule has 348 valence electrons. The molecule has 3 N–H and O–H groups in total. The van der Waals surface area contributed by atoms with Crippen molar-refractivity contribution in [3.8, 4) is 0 Å². The van der Waals surface area contributed by atoms with Crippen molar-refractivity contribution >= 4 is 128 Å². The number of H-pyrrole nitrogens is 3. The van der Waals surface area contributed by atoms with Crippen LogP contribution in [-0.2, 0) is 0 Å². The highest BCUT2D eigenvalue weighted by molar-refractivity contribution is 14.1. The zero-order valence-corrected chi connectivity index (χ0v) is 47.1. The Hall–Kier alpha value is -3.05. The Kier molecular flexibility index (Phi) is 20.8. The number of hydrogen-bond acceptors (Lipinski definition) is 8. The predicted octanol–water partition coefficient (Wildman–Crippen LogP) is 15.2. The van der Waals surface area contributed by atoms with E-state index in [1.807, 2.05) is 38.4 Å². The molecule has 0 fully saturated rings. The monoisotopic (exact) mass is 1170 g/mol. The van der Waals surface area contributed by atoms with E-state index >= 15 is 0 Å². The van der Waals surface area contributed by atoms with Crippen LogP contribution in [0.2, 0.25) is 38.4 Å². The second-order valence-corrected chi connectivity index (χ2v) is 33.1. The largest absolute Gasteiger partial charge is 0.357 e. The first-order valence-electron chi connectivity index (χ1n) is 21.4. The van der Waals surface area contributed by atoms with Crippen LogP contribution in [0.1, 0.15) is 108 Å². The molecule has 0 radical (unpaired) electrons. The number of hydrogen-bond donors (Lipinski definition) is 3. The lowest BCUT2D eigenvalue weighted by molar-refractivity contribution is 0.770. The fraction of sp³-hybridized carbons (Fsp3) is 0.478. The molecule has 8 aromatic rings. The van der Waals surface area contributed by atoms with Gasteiger partial charge in [0, 0.05) is 37.3 Å². The molecule has 0 aliphatic rings. The maximum Gasteiger partial charge on any atom is 0.171 e. The third kappa shape index (κ3) is 12.1. The van der Waals surface area contributed by atoms with E-state index in [4.69, 9.17) is 22.7 Å². The van der Waals surface area contributed by atoms with Crippen molar-refractivity contribution in [3.05, 3.63) is 91.6 Å². The molecule has 18 heteroatoms. The molecule has 0 unspecified atom stereocenters. The highest BCUT2D eigenvalue weighted by Gasteiger charge is 2.46. The Morgan fingerprint density at radius 3 is 1.42 bits per heavy atom. The van der Waals surface area contributed by atoms with Crippen LogP contribution < -0.4 is 0 Å². The van der Waals surface area contributed by atoms with Crippen molar-refractivity contribution < 1.29 is 0 Å². The second-order valence-electron chi connectivity index (χ2n) is 17.6. The van der Waals surface area contributed by atoms with Gasteiger partial charge in [0.2, 0.25) is 0 Å². The number of fused-ring (bicyclic) bond motifs is 4. The summed E-state index contributed by atoms with van der Waals surface area (Å²) in [5.74, 6) is 0. The Bertz CT molecular complexity index is 2570. The summed E-state index contributed by atoms with van der Waals surface area (Å²) in [4.78, 5) is 42.1. The van der Waals surface area contributed by atoms with Crippen LogP contribution in [0, 0.1) is 27.9 Å². The molecule has 0 aromatic carbocycles. The van der Waals surface area contributed by atoms with E-state index in [1.165, 1.54) is 18.9 Å². The summed E-state index contributed by atoms with van der Waals surface area (Å²) < 4.78 is 5.02. The van der Waals surface area contributed by atoms with Crippen LogP contribution >= 0.6 is 67.9 Å². The number of aromatic amines is 3. The number of aryl methyl sites for hydroxylation is 3. The van der Waals surface area contributed by atoms with Crippen molar-refractivity contribution in [2.24, 2.45) is 0 Å². The van der Waals surface area contributed by atoms with E-state index in [2.05, 4.69) is 200 Å². The number of nitrogens with one attached hydrogen (secondary N) is 3. The van der Waals surface area contributed by atoms with E-state index in [1.54, 1.807) is 25.2 Å². The molecule has 0 amide bonds. The molecule has 0 saturated carbocycles. The SMILES string of the molecule is C.CC(C)[Si](Cl)(C(C)C)C(C)C.Cc1ncnc2[nH]cc(I)c12.Cc1ncnc2[nH]ccc12.Cc1ncnc2c1c(I)cn2[Si](C(C)C)(C(C)C)C(C)C.Clc1ncnc2[nH]ccc12. The molecule has 0 atom stereocenters. The van der Waals surface area contributed by atoms with E-state index < -0.39 is 15.6 Å². The Labute approximate surface area is 419 Å². The van der Waals surface area contributed by atoms with Crippen molar-refractivity contribution in [1.82, 2.24) is 59.1 Å². The molecule has 0 spiro atoms. The summed E-state index contributed by atoms with van der Waals surface area (Å²) >= 11 is 17.1. The van der Waals surface area contributed by atoms with Crippen LogP contribution in [-0.4, -0.2) is 74.7 Å². The minimum atomic E-state index is -1.75. The van der Waals surface area contributed by atoms with Gasteiger partial charge in [-0.1, -0.05) is 102 Å². The molecule has 64 heavy (non-hydrogen) atoms. The summed E-state index contributed by atoms with van der Waals surface area (Å²) in [5, 5.41) is 4.82.